The maximum Gasteiger partial charge on any atom is 0.344 e. The van der Waals surface area contributed by atoms with Crippen molar-refractivity contribution in [3.63, 3.8) is 0 Å². The Balaban J connectivity index is 1.52. The van der Waals surface area contributed by atoms with Gasteiger partial charge in [-0.05, 0) is 39.0 Å². The van der Waals surface area contributed by atoms with Gasteiger partial charge in [-0.15, -0.1) is 0 Å². The van der Waals surface area contributed by atoms with Gasteiger partial charge in [-0.1, -0.05) is 30.3 Å². The van der Waals surface area contributed by atoms with Crippen molar-refractivity contribution >= 4 is 17.6 Å². The first-order valence-corrected chi connectivity index (χ1v) is 8.83. The minimum absolute atomic E-state index is 0.299. The number of para-hydroxylation sites is 2. The number of ether oxygens (including phenoxy) is 3. The zero-order valence-corrected chi connectivity index (χ0v) is 15.7. The number of hydrogen-bond donors (Lipinski definition) is 1. The van der Waals surface area contributed by atoms with Crippen LogP contribution in [0.5, 0.6) is 11.5 Å². The van der Waals surface area contributed by atoms with Crippen LogP contribution < -0.4 is 14.8 Å². The zero-order valence-electron chi connectivity index (χ0n) is 15.7. The molecule has 0 saturated heterocycles. The molecule has 0 spiro atoms. The van der Waals surface area contributed by atoms with Crippen molar-refractivity contribution in [1.29, 1.82) is 0 Å². The number of hydrogen-bond acceptors (Lipinski definition) is 5. The first-order chi connectivity index (χ1) is 12.8. The van der Waals surface area contributed by atoms with Gasteiger partial charge in [0.2, 0.25) is 0 Å². The van der Waals surface area contributed by atoms with Gasteiger partial charge in [-0.25, -0.2) is 4.79 Å². The summed E-state index contributed by atoms with van der Waals surface area (Å²) in [5.41, 5.74) is 1.38. The number of carbonyl (C=O) groups excluding carboxylic acids is 2. The van der Waals surface area contributed by atoms with Gasteiger partial charge in [-0.3, -0.25) is 4.79 Å². The molecule has 0 aliphatic carbocycles. The zero-order chi connectivity index (χ0) is 19.4. The van der Waals surface area contributed by atoms with E-state index in [1.54, 1.807) is 18.2 Å². The third-order valence-electron chi connectivity index (χ3n) is 4.12. The number of anilines is 1. The third kappa shape index (κ3) is 4.78. The predicted octanol–water partition coefficient (Wildman–Crippen LogP) is 3.35. The van der Waals surface area contributed by atoms with Crippen molar-refractivity contribution in [3.05, 3.63) is 54.1 Å². The number of rotatable bonds is 6. The van der Waals surface area contributed by atoms with Gasteiger partial charge in [0.25, 0.3) is 5.91 Å². The maximum atomic E-state index is 12.1. The number of carbonyl (C=O) groups is 2. The minimum atomic E-state index is -0.932. The molecule has 142 valence electrons. The van der Waals surface area contributed by atoms with Crippen LogP contribution in [-0.2, 0) is 20.7 Å². The summed E-state index contributed by atoms with van der Waals surface area (Å²) in [6.07, 6.45) is -0.154. The van der Waals surface area contributed by atoms with Crippen molar-refractivity contribution in [2.75, 3.05) is 11.9 Å². The van der Waals surface area contributed by atoms with Crippen molar-refractivity contribution in [2.24, 2.45) is 0 Å². The van der Waals surface area contributed by atoms with Gasteiger partial charge < -0.3 is 19.5 Å². The monoisotopic (exact) mass is 369 g/mol. The lowest BCUT2D eigenvalue weighted by atomic mass is 10.0. The number of benzene rings is 2. The lowest BCUT2D eigenvalue weighted by Crippen LogP contribution is -2.31. The molecule has 0 aromatic heterocycles. The van der Waals surface area contributed by atoms with Gasteiger partial charge >= 0.3 is 5.97 Å². The topological polar surface area (TPSA) is 73.9 Å². The fourth-order valence-electron chi connectivity index (χ4n) is 2.89. The SMILES string of the molecule is C[C@H](OC(=O)COc1cccc2c1OC(C)(C)C2)C(=O)Nc1ccccc1. The first-order valence-electron chi connectivity index (χ1n) is 8.83. The summed E-state index contributed by atoms with van der Waals surface area (Å²) in [5, 5.41) is 2.69. The van der Waals surface area contributed by atoms with Crippen LogP contribution in [0, 0.1) is 0 Å². The molecule has 0 radical (unpaired) electrons. The molecule has 0 unspecified atom stereocenters. The van der Waals surface area contributed by atoms with Crippen LogP contribution in [0.2, 0.25) is 0 Å². The summed E-state index contributed by atoms with van der Waals surface area (Å²) >= 11 is 0. The Labute approximate surface area is 158 Å². The lowest BCUT2D eigenvalue weighted by Gasteiger charge is -2.18. The van der Waals surface area contributed by atoms with Crippen LogP contribution in [0.3, 0.4) is 0 Å². The molecule has 2 aromatic carbocycles. The summed E-state index contributed by atoms with van der Waals surface area (Å²) in [7, 11) is 0. The van der Waals surface area contributed by atoms with Crippen LogP contribution in [0.4, 0.5) is 5.69 Å². The van der Waals surface area contributed by atoms with Crippen LogP contribution in [0.15, 0.2) is 48.5 Å². The van der Waals surface area contributed by atoms with E-state index in [4.69, 9.17) is 14.2 Å². The summed E-state index contributed by atoms with van der Waals surface area (Å²) in [6.45, 7) is 5.21. The van der Waals surface area contributed by atoms with Crippen LogP contribution >= 0.6 is 0 Å². The van der Waals surface area contributed by atoms with Crippen molar-refractivity contribution < 1.29 is 23.8 Å². The Morgan fingerprint density at radius 2 is 1.89 bits per heavy atom. The molecular formula is C21H23NO5. The quantitative estimate of drug-likeness (QED) is 0.791. The molecule has 27 heavy (non-hydrogen) atoms. The molecule has 0 fully saturated rings. The summed E-state index contributed by atoms with van der Waals surface area (Å²) in [5.74, 6) is 0.127. The highest BCUT2D eigenvalue weighted by molar-refractivity contribution is 5.95. The molecule has 0 saturated carbocycles. The van der Waals surface area contributed by atoms with Gasteiger partial charge in [0.15, 0.2) is 24.2 Å². The first kappa shape index (κ1) is 18.8. The summed E-state index contributed by atoms with van der Waals surface area (Å²) < 4.78 is 16.6. The molecule has 1 atom stereocenters. The fourth-order valence-corrected chi connectivity index (χ4v) is 2.89. The van der Waals surface area contributed by atoms with E-state index < -0.39 is 18.0 Å². The second-order valence-electron chi connectivity index (χ2n) is 7.06. The predicted molar refractivity (Wildman–Crippen MR) is 101 cm³/mol. The Morgan fingerprint density at radius 1 is 1.15 bits per heavy atom. The minimum Gasteiger partial charge on any atom is -0.483 e. The Kier molecular flexibility index (Phi) is 5.35. The molecule has 6 heteroatoms. The molecule has 2 aromatic rings. The fraction of sp³-hybridized carbons (Fsp3) is 0.333. The van der Waals surface area contributed by atoms with Crippen molar-refractivity contribution in [2.45, 2.75) is 38.9 Å². The molecule has 0 bridgehead atoms. The third-order valence-corrected chi connectivity index (χ3v) is 4.12. The molecule has 3 rings (SSSR count). The maximum absolute atomic E-state index is 12.1. The Morgan fingerprint density at radius 3 is 2.63 bits per heavy atom. The molecular weight excluding hydrogens is 346 g/mol. The van der Waals surface area contributed by atoms with Crippen LogP contribution in [-0.4, -0.2) is 30.2 Å². The Hall–Kier alpha value is -3.02. The number of esters is 1. The molecule has 1 aliphatic rings. The lowest BCUT2D eigenvalue weighted by molar-refractivity contribution is -0.155. The molecule has 1 aliphatic heterocycles. The molecule has 1 amide bonds. The van der Waals surface area contributed by atoms with E-state index in [0.29, 0.717) is 17.2 Å². The number of fused-ring (bicyclic) bond motifs is 1. The van der Waals surface area contributed by atoms with E-state index >= 15 is 0 Å². The molecule has 1 heterocycles. The molecule has 1 N–H and O–H groups in total. The average molecular weight is 369 g/mol. The van der Waals surface area contributed by atoms with Crippen molar-refractivity contribution in [3.8, 4) is 11.5 Å². The van der Waals surface area contributed by atoms with E-state index in [0.717, 1.165) is 12.0 Å². The van der Waals surface area contributed by atoms with E-state index in [-0.39, 0.29) is 12.2 Å². The summed E-state index contributed by atoms with van der Waals surface area (Å²) in [6, 6.07) is 14.6. The van der Waals surface area contributed by atoms with Crippen molar-refractivity contribution in [1.82, 2.24) is 0 Å². The average Bonchev–Trinajstić information content (AvgIpc) is 2.95. The van der Waals surface area contributed by atoms with Crippen LogP contribution in [0.25, 0.3) is 0 Å². The highest BCUT2D eigenvalue weighted by Gasteiger charge is 2.32. The van der Waals surface area contributed by atoms with E-state index in [1.807, 2.05) is 44.2 Å². The van der Waals surface area contributed by atoms with Gasteiger partial charge in [0.1, 0.15) is 5.60 Å². The highest BCUT2D eigenvalue weighted by atomic mass is 16.6. The molecule has 6 nitrogen and oxygen atoms in total. The second kappa shape index (κ2) is 7.70. The van der Waals surface area contributed by atoms with E-state index in [2.05, 4.69) is 5.32 Å². The van der Waals surface area contributed by atoms with Crippen LogP contribution in [0.1, 0.15) is 26.3 Å². The normalized spacial score (nSPS) is 15.2. The van der Waals surface area contributed by atoms with Gasteiger partial charge in [0, 0.05) is 17.7 Å². The number of nitrogens with one attached hydrogen (secondary N) is 1. The second-order valence-corrected chi connectivity index (χ2v) is 7.06. The smallest absolute Gasteiger partial charge is 0.344 e. The van der Waals surface area contributed by atoms with E-state index in [9.17, 15) is 9.59 Å². The Bertz CT molecular complexity index is 832. The largest absolute Gasteiger partial charge is 0.483 e. The van der Waals surface area contributed by atoms with Gasteiger partial charge in [-0.2, -0.15) is 0 Å². The van der Waals surface area contributed by atoms with Gasteiger partial charge in [0.05, 0.1) is 0 Å². The highest BCUT2D eigenvalue weighted by Crippen LogP contribution is 2.41. The summed E-state index contributed by atoms with van der Waals surface area (Å²) in [4.78, 5) is 24.1. The number of amides is 1. The standard InChI is InChI=1S/C21H23NO5/c1-14(20(24)22-16-9-5-4-6-10-16)26-18(23)13-25-17-11-7-8-15-12-21(2,3)27-19(15)17/h4-11,14H,12-13H2,1-3H3,(H,22,24)/t14-/m0/s1. The van der Waals surface area contributed by atoms with E-state index in [1.165, 1.54) is 6.92 Å².